The van der Waals surface area contributed by atoms with E-state index in [0.717, 1.165) is 26.0 Å². The predicted molar refractivity (Wildman–Crippen MR) is 59.1 cm³/mol. The lowest BCUT2D eigenvalue weighted by molar-refractivity contribution is -0.0782. The third kappa shape index (κ3) is 4.93. The number of ether oxygens (including phenoxy) is 3. The highest BCUT2D eigenvalue weighted by molar-refractivity contribution is 4.80. The number of hydrogen-bond acceptors (Lipinski definition) is 4. The predicted octanol–water partition coefficient (Wildman–Crippen LogP) is 0.806. The van der Waals surface area contributed by atoms with Crippen molar-refractivity contribution in [2.75, 3.05) is 40.1 Å². The van der Waals surface area contributed by atoms with E-state index in [9.17, 15) is 0 Å². The summed E-state index contributed by atoms with van der Waals surface area (Å²) in [7, 11) is 1.69. The van der Waals surface area contributed by atoms with Crippen LogP contribution in [0.1, 0.15) is 19.8 Å². The fourth-order valence-corrected chi connectivity index (χ4v) is 1.72. The highest BCUT2D eigenvalue weighted by Crippen LogP contribution is 2.11. The van der Waals surface area contributed by atoms with Crippen molar-refractivity contribution in [2.24, 2.45) is 0 Å². The maximum atomic E-state index is 5.72. The number of methoxy groups -OCH3 is 1. The maximum absolute atomic E-state index is 5.72. The second-order valence-electron chi connectivity index (χ2n) is 3.83. The zero-order valence-corrected chi connectivity index (χ0v) is 9.83. The van der Waals surface area contributed by atoms with Crippen molar-refractivity contribution < 1.29 is 14.2 Å². The highest BCUT2D eigenvalue weighted by Gasteiger charge is 2.25. The molecule has 1 aliphatic heterocycles. The number of rotatable bonds is 7. The van der Waals surface area contributed by atoms with Gasteiger partial charge < -0.3 is 19.5 Å². The van der Waals surface area contributed by atoms with Crippen molar-refractivity contribution in [1.82, 2.24) is 5.32 Å². The molecule has 90 valence electrons. The Morgan fingerprint density at radius 1 is 1.40 bits per heavy atom. The molecule has 4 heteroatoms. The van der Waals surface area contributed by atoms with Crippen LogP contribution in [0.15, 0.2) is 0 Å². The maximum Gasteiger partial charge on any atom is 0.0962 e. The zero-order valence-electron chi connectivity index (χ0n) is 9.83. The molecular formula is C11H23NO3. The van der Waals surface area contributed by atoms with Crippen molar-refractivity contribution in [3.63, 3.8) is 0 Å². The van der Waals surface area contributed by atoms with E-state index >= 15 is 0 Å². The van der Waals surface area contributed by atoms with Crippen LogP contribution in [0, 0.1) is 0 Å². The molecule has 2 unspecified atom stereocenters. The van der Waals surface area contributed by atoms with Crippen LogP contribution in [0.2, 0.25) is 0 Å². The first-order valence-corrected chi connectivity index (χ1v) is 5.80. The molecule has 0 aromatic carbocycles. The molecule has 0 spiro atoms. The quantitative estimate of drug-likeness (QED) is 0.641. The van der Waals surface area contributed by atoms with E-state index in [1.807, 2.05) is 0 Å². The van der Waals surface area contributed by atoms with E-state index in [1.165, 1.54) is 0 Å². The minimum Gasteiger partial charge on any atom is -0.382 e. The fraction of sp³-hybridized carbons (Fsp3) is 1.00. The standard InChI is InChI=1S/C11H23NO3/c1-3-5-12-10-4-6-14-9-11(10)15-8-7-13-2/h10-12H,3-9H2,1-2H3. The van der Waals surface area contributed by atoms with Gasteiger partial charge in [0, 0.05) is 19.8 Å². The van der Waals surface area contributed by atoms with E-state index in [1.54, 1.807) is 7.11 Å². The Morgan fingerprint density at radius 2 is 2.27 bits per heavy atom. The molecule has 0 aromatic rings. The molecule has 0 aromatic heterocycles. The van der Waals surface area contributed by atoms with E-state index in [4.69, 9.17) is 14.2 Å². The molecule has 1 rings (SSSR count). The van der Waals surface area contributed by atoms with Crippen LogP contribution in [-0.2, 0) is 14.2 Å². The third-order valence-corrected chi connectivity index (χ3v) is 2.58. The molecule has 1 N–H and O–H groups in total. The Hall–Kier alpha value is -0.160. The second-order valence-corrected chi connectivity index (χ2v) is 3.83. The summed E-state index contributed by atoms with van der Waals surface area (Å²) in [4.78, 5) is 0. The van der Waals surface area contributed by atoms with E-state index in [0.29, 0.717) is 25.9 Å². The topological polar surface area (TPSA) is 39.7 Å². The molecule has 0 radical (unpaired) electrons. The molecule has 0 amide bonds. The van der Waals surface area contributed by atoms with Crippen LogP contribution in [0.4, 0.5) is 0 Å². The van der Waals surface area contributed by atoms with Crippen LogP contribution in [0.5, 0.6) is 0 Å². The molecule has 1 aliphatic rings. The number of hydrogen-bond donors (Lipinski definition) is 1. The summed E-state index contributed by atoms with van der Waals surface area (Å²) in [5.41, 5.74) is 0. The minimum atomic E-state index is 0.181. The second kappa shape index (κ2) is 8.05. The van der Waals surface area contributed by atoms with Gasteiger partial charge in [-0.2, -0.15) is 0 Å². The van der Waals surface area contributed by atoms with Gasteiger partial charge in [-0.25, -0.2) is 0 Å². The molecule has 1 saturated heterocycles. The molecule has 1 fully saturated rings. The van der Waals surface area contributed by atoms with Gasteiger partial charge in [0.1, 0.15) is 0 Å². The van der Waals surface area contributed by atoms with E-state index in [2.05, 4.69) is 12.2 Å². The lowest BCUT2D eigenvalue weighted by atomic mass is 10.1. The van der Waals surface area contributed by atoms with Crippen LogP contribution in [-0.4, -0.2) is 52.2 Å². The first-order chi connectivity index (χ1) is 7.38. The summed E-state index contributed by atoms with van der Waals surface area (Å²) in [5, 5.41) is 3.50. The van der Waals surface area contributed by atoms with Crippen molar-refractivity contribution in [1.29, 1.82) is 0 Å². The van der Waals surface area contributed by atoms with Gasteiger partial charge in [-0.1, -0.05) is 6.92 Å². The first kappa shape index (κ1) is 12.9. The van der Waals surface area contributed by atoms with E-state index < -0.39 is 0 Å². The van der Waals surface area contributed by atoms with Crippen LogP contribution < -0.4 is 5.32 Å². The van der Waals surface area contributed by atoms with Gasteiger partial charge in [0.2, 0.25) is 0 Å². The summed E-state index contributed by atoms with van der Waals surface area (Å²) in [6.07, 6.45) is 2.38. The lowest BCUT2D eigenvalue weighted by Gasteiger charge is -2.32. The lowest BCUT2D eigenvalue weighted by Crippen LogP contribution is -2.48. The normalized spacial score (nSPS) is 26.8. The molecule has 15 heavy (non-hydrogen) atoms. The van der Waals surface area contributed by atoms with Crippen LogP contribution >= 0.6 is 0 Å². The average Bonchev–Trinajstić information content (AvgIpc) is 2.28. The minimum absolute atomic E-state index is 0.181. The van der Waals surface area contributed by atoms with Gasteiger partial charge in [0.25, 0.3) is 0 Å². The Balaban J connectivity index is 2.22. The Bertz CT molecular complexity index is 155. The summed E-state index contributed by atoms with van der Waals surface area (Å²) in [6, 6.07) is 0.440. The largest absolute Gasteiger partial charge is 0.382 e. The van der Waals surface area contributed by atoms with Crippen molar-refractivity contribution in [3.8, 4) is 0 Å². The fourth-order valence-electron chi connectivity index (χ4n) is 1.72. The molecule has 1 heterocycles. The summed E-state index contributed by atoms with van der Waals surface area (Å²) in [5.74, 6) is 0. The highest BCUT2D eigenvalue weighted by atomic mass is 16.6. The molecule has 2 atom stereocenters. The first-order valence-electron chi connectivity index (χ1n) is 5.80. The average molecular weight is 217 g/mol. The monoisotopic (exact) mass is 217 g/mol. The van der Waals surface area contributed by atoms with Crippen LogP contribution in [0.3, 0.4) is 0 Å². The SMILES string of the molecule is CCCNC1CCOCC1OCCOC. The van der Waals surface area contributed by atoms with Gasteiger partial charge >= 0.3 is 0 Å². The van der Waals surface area contributed by atoms with Crippen molar-refractivity contribution in [3.05, 3.63) is 0 Å². The smallest absolute Gasteiger partial charge is 0.0962 e. The Labute approximate surface area is 92.3 Å². The third-order valence-electron chi connectivity index (χ3n) is 2.58. The van der Waals surface area contributed by atoms with E-state index in [-0.39, 0.29) is 6.10 Å². The Morgan fingerprint density at radius 3 is 3.00 bits per heavy atom. The number of nitrogens with one attached hydrogen (secondary N) is 1. The van der Waals surface area contributed by atoms with Gasteiger partial charge in [-0.3, -0.25) is 0 Å². The molecule has 0 saturated carbocycles. The molecule has 0 bridgehead atoms. The van der Waals surface area contributed by atoms with Crippen molar-refractivity contribution in [2.45, 2.75) is 31.9 Å². The van der Waals surface area contributed by atoms with Gasteiger partial charge in [0.05, 0.1) is 25.9 Å². The van der Waals surface area contributed by atoms with Crippen LogP contribution in [0.25, 0.3) is 0 Å². The molecule has 0 aliphatic carbocycles. The van der Waals surface area contributed by atoms with Crippen molar-refractivity contribution >= 4 is 0 Å². The van der Waals surface area contributed by atoms with Gasteiger partial charge in [-0.05, 0) is 19.4 Å². The zero-order chi connectivity index (χ0) is 10.9. The van der Waals surface area contributed by atoms with Gasteiger partial charge in [0.15, 0.2) is 0 Å². The summed E-state index contributed by atoms with van der Waals surface area (Å²) < 4.78 is 16.1. The summed E-state index contributed by atoms with van der Waals surface area (Å²) in [6.45, 7) is 6.06. The van der Waals surface area contributed by atoms with Gasteiger partial charge in [-0.15, -0.1) is 0 Å². The Kier molecular flexibility index (Phi) is 6.92. The molecule has 4 nitrogen and oxygen atoms in total. The summed E-state index contributed by atoms with van der Waals surface area (Å²) >= 11 is 0. The molecular weight excluding hydrogens is 194 g/mol.